The zero-order chi connectivity index (χ0) is 28.1. The third kappa shape index (κ3) is 4.72. The Morgan fingerprint density at radius 3 is 2.33 bits per heavy atom. The molecule has 0 aromatic heterocycles. The molecule has 0 heterocycles. The highest BCUT2D eigenvalue weighted by molar-refractivity contribution is 5.81. The lowest BCUT2D eigenvalue weighted by Gasteiger charge is -2.27. The van der Waals surface area contributed by atoms with Crippen molar-refractivity contribution in [3.05, 3.63) is 111 Å². The zero-order valence-corrected chi connectivity index (χ0v) is 25.8. The van der Waals surface area contributed by atoms with E-state index in [1.165, 1.54) is 79.2 Å². The topological polar surface area (TPSA) is 0 Å². The summed E-state index contributed by atoms with van der Waals surface area (Å²) in [5.74, 6) is 0.431. The van der Waals surface area contributed by atoms with Gasteiger partial charge in [0.05, 0.1) is 0 Å². The molecular weight excluding hydrogens is 480 g/mol. The second-order valence-corrected chi connectivity index (χ2v) is 13.8. The van der Waals surface area contributed by atoms with Crippen LogP contribution in [0.15, 0.2) is 77.9 Å². The maximum Gasteiger partial charge on any atom is 0.00316 e. The third-order valence-electron chi connectivity index (χ3n) is 11.0. The maximum absolute atomic E-state index is 2.63. The first kappa shape index (κ1) is 27.3. The van der Waals surface area contributed by atoms with Crippen LogP contribution in [0.25, 0.3) is 16.7 Å². The number of fused-ring (bicyclic) bond motifs is 4. The highest BCUT2D eigenvalue weighted by Gasteiger charge is 2.62. The molecule has 3 aromatic carbocycles. The monoisotopic (exact) mass is 528 g/mol. The van der Waals surface area contributed by atoms with Gasteiger partial charge in [0.25, 0.3) is 0 Å². The molecule has 1 fully saturated rings. The molecule has 6 rings (SSSR count). The zero-order valence-electron chi connectivity index (χ0n) is 25.8. The van der Waals surface area contributed by atoms with Crippen molar-refractivity contribution in [3.63, 3.8) is 0 Å². The van der Waals surface area contributed by atoms with Crippen LogP contribution in [0.3, 0.4) is 0 Å². The van der Waals surface area contributed by atoms with Crippen molar-refractivity contribution in [1.29, 1.82) is 0 Å². The standard InChI is InChI=1S/C40H48/c1-7-8-9-11-14-30-17-18-35-36-25-33(24-32(36)19-20-39(5)26-40(39,6)37(35)23-30)29(4)38-27(2)21-34(22-28(38)3)31-15-12-10-13-16-31/h10,12-13,15-18,21-24,29H,7-9,11,14,19-20,25-26H2,1-6H3. The molecule has 0 nitrogen and oxygen atoms in total. The van der Waals surface area contributed by atoms with Gasteiger partial charge in [0.1, 0.15) is 0 Å². The van der Waals surface area contributed by atoms with Crippen molar-refractivity contribution in [1.82, 2.24) is 0 Å². The second-order valence-electron chi connectivity index (χ2n) is 13.8. The van der Waals surface area contributed by atoms with Gasteiger partial charge in [-0.1, -0.05) is 119 Å². The van der Waals surface area contributed by atoms with Crippen molar-refractivity contribution >= 4 is 5.57 Å². The molecule has 3 unspecified atom stereocenters. The van der Waals surface area contributed by atoms with E-state index in [1.807, 2.05) is 0 Å². The number of benzene rings is 3. The van der Waals surface area contributed by atoms with E-state index in [1.54, 1.807) is 33.4 Å². The van der Waals surface area contributed by atoms with E-state index in [0.717, 1.165) is 6.42 Å². The van der Waals surface area contributed by atoms with Crippen LogP contribution in [-0.4, -0.2) is 0 Å². The predicted molar refractivity (Wildman–Crippen MR) is 173 cm³/mol. The number of unbranched alkanes of at least 4 members (excludes halogenated alkanes) is 3. The molecule has 3 atom stereocenters. The van der Waals surface area contributed by atoms with Gasteiger partial charge < -0.3 is 0 Å². The van der Waals surface area contributed by atoms with Gasteiger partial charge in [0.2, 0.25) is 0 Å². The van der Waals surface area contributed by atoms with Crippen molar-refractivity contribution < 1.29 is 0 Å². The summed E-state index contributed by atoms with van der Waals surface area (Å²) < 4.78 is 0. The van der Waals surface area contributed by atoms with Crippen LogP contribution in [-0.2, 0) is 11.8 Å². The summed E-state index contributed by atoms with van der Waals surface area (Å²) in [6, 6.07) is 23.2. The van der Waals surface area contributed by atoms with Crippen molar-refractivity contribution in [2.75, 3.05) is 0 Å². The average molecular weight is 529 g/mol. The molecule has 3 aliphatic carbocycles. The summed E-state index contributed by atoms with van der Waals surface area (Å²) in [7, 11) is 0. The highest BCUT2D eigenvalue weighted by Crippen LogP contribution is 2.69. The van der Waals surface area contributed by atoms with E-state index < -0.39 is 0 Å². The van der Waals surface area contributed by atoms with E-state index in [-0.39, 0.29) is 0 Å². The van der Waals surface area contributed by atoms with Gasteiger partial charge in [-0.25, -0.2) is 0 Å². The molecule has 0 aliphatic heterocycles. The summed E-state index contributed by atoms with van der Waals surface area (Å²) in [5.41, 5.74) is 17.4. The van der Waals surface area contributed by atoms with Crippen LogP contribution in [0.1, 0.15) is 118 Å². The molecule has 0 saturated heterocycles. The number of hydrogen-bond acceptors (Lipinski definition) is 0. The Morgan fingerprint density at radius 2 is 1.60 bits per heavy atom. The summed E-state index contributed by atoms with van der Waals surface area (Å²) >= 11 is 0. The number of rotatable bonds is 8. The Bertz CT molecular complexity index is 1460. The molecule has 0 N–H and O–H groups in total. The van der Waals surface area contributed by atoms with E-state index in [4.69, 9.17) is 0 Å². The lowest BCUT2D eigenvalue weighted by Crippen LogP contribution is -2.17. The molecule has 3 aromatic rings. The molecule has 1 saturated carbocycles. The van der Waals surface area contributed by atoms with Gasteiger partial charge in [-0.2, -0.15) is 0 Å². The first-order valence-corrected chi connectivity index (χ1v) is 16.0. The second kappa shape index (κ2) is 10.5. The Hall–Kier alpha value is -2.86. The van der Waals surface area contributed by atoms with E-state index >= 15 is 0 Å². The van der Waals surface area contributed by atoms with Gasteiger partial charge >= 0.3 is 0 Å². The Balaban J connectivity index is 1.30. The quantitative estimate of drug-likeness (QED) is 0.255. The number of hydrogen-bond donors (Lipinski definition) is 0. The fraction of sp³-hybridized carbons (Fsp3) is 0.450. The maximum atomic E-state index is 2.63. The van der Waals surface area contributed by atoms with Gasteiger partial charge in [0.15, 0.2) is 0 Å². The van der Waals surface area contributed by atoms with E-state index in [9.17, 15) is 0 Å². The Labute approximate surface area is 243 Å². The summed E-state index contributed by atoms with van der Waals surface area (Å²) in [6.07, 6.45) is 14.2. The lowest BCUT2D eigenvalue weighted by molar-refractivity contribution is 0.438. The fourth-order valence-corrected chi connectivity index (χ4v) is 8.24. The minimum Gasteiger partial charge on any atom is -0.0654 e. The number of aryl methyl sites for hydroxylation is 3. The van der Waals surface area contributed by atoms with Gasteiger partial charge in [-0.15, -0.1) is 0 Å². The normalized spacial score (nSPS) is 24.0. The highest BCUT2D eigenvalue weighted by atomic mass is 14.7. The molecule has 0 amide bonds. The third-order valence-corrected chi connectivity index (χ3v) is 11.0. The van der Waals surface area contributed by atoms with Crippen LogP contribution < -0.4 is 0 Å². The summed E-state index contributed by atoms with van der Waals surface area (Å²) in [4.78, 5) is 0. The largest absolute Gasteiger partial charge is 0.0654 e. The predicted octanol–water partition coefficient (Wildman–Crippen LogP) is 11.4. The Kier molecular flexibility index (Phi) is 7.18. The summed E-state index contributed by atoms with van der Waals surface area (Å²) in [6.45, 7) is 14.5. The van der Waals surface area contributed by atoms with Gasteiger partial charge in [-0.05, 0) is 119 Å². The molecule has 40 heavy (non-hydrogen) atoms. The van der Waals surface area contributed by atoms with Crippen LogP contribution in [0.4, 0.5) is 0 Å². The van der Waals surface area contributed by atoms with Crippen LogP contribution >= 0.6 is 0 Å². The SMILES string of the molecule is CCCCCCc1ccc2c(c1)C1(C)CC1(C)CCC1=C2CC(C(C)c2c(C)cc(-c3ccccc3)cc2C)=C1. The van der Waals surface area contributed by atoms with Crippen LogP contribution in [0.2, 0.25) is 0 Å². The summed E-state index contributed by atoms with van der Waals surface area (Å²) in [5, 5.41) is 0. The van der Waals surface area contributed by atoms with E-state index in [2.05, 4.69) is 108 Å². The lowest BCUT2D eigenvalue weighted by atomic mass is 9.77. The molecule has 0 radical (unpaired) electrons. The molecule has 208 valence electrons. The molecule has 0 heteroatoms. The average Bonchev–Trinajstić information content (AvgIpc) is 3.27. The molecule has 0 bridgehead atoms. The minimum absolute atomic E-state index is 0.328. The van der Waals surface area contributed by atoms with Gasteiger partial charge in [0, 0.05) is 5.92 Å². The first-order chi connectivity index (χ1) is 19.2. The first-order valence-electron chi connectivity index (χ1n) is 16.0. The smallest absolute Gasteiger partial charge is 0.00316 e. The van der Waals surface area contributed by atoms with Crippen molar-refractivity contribution in [2.45, 2.75) is 111 Å². The molecule has 3 aliphatic rings. The van der Waals surface area contributed by atoms with Crippen molar-refractivity contribution in [3.8, 4) is 11.1 Å². The van der Waals surface area contributed by atoms with Crippen LogP contribution in [0.5, 0.6) is 0 Å². The van der Waals surface area contributed by atoms with Crippen molar-refractivity contribution in [2.24, 2.45) is 5.41 Å². The van der Waals surface area contributed by atoms with Crippen LogP contribution in [0, 0.1) is 19.3 Å². The molecule has 0 spiro atoms. The minimum atomic E-state index is 0.328. The van der Waals surface area contributed by atoms with E-state index in [0.29, 0.717) is 16.7 Å². The fourth-order valence-electron chi connectivity index (χ4n) is 8.24. The van der Waals surface area contributed by atoms with Gasteiger partial charge in [-0.3, -0.25) is 0 Å². The number of allylic oxidation sites excluding steroid dienone is 4. The Morgan fingerprint density at radius 1 is 0.850 bits per heavy atom. The molecular formula is C40H48.